The van der Waals surface area contributed by atoms with E-state index in [1.54, 1.807) is 0 Å². The molecule has 0 saturated heterocycles. The lowest BCUT2D eigenvalue weighted by atomic mass is 10.1. The van der Waals surface area contributed by atoms with E-state index in [-0.39, 0.29) is 5.91 Å². The number of benzene rings is 1. The van der Waals surface area contributed by atoms with Crippen LogP contribution in [0.25, 0.3) is 10.9 Å². The molecule has 0 fully saturated rings. The molecule has 4 nitrogen and oxygen atoms in total. The molecule has 0 spiro atoms. The second-order valence-electron chi connectivity index (χ2n) is 4.89. The van der Waals surface area contributed by atoms with Gasteiger partial charge in [-0.2, -0.15) is 0 Å². The van der Waals surface area contributed by atoms with Gasteiger partial charge in [0.05, 0.1) is 0 Å². The van der Waals surface area contributed by atoms with Crippen molar-refractivity contribution in [1.82, 2.24) is 14.8 Å². The van der Waals surface area contributed by atoms with E-state index >= 15 is 0 Å². The first-order valence-corrected chi connectivity index (χ1v) is 7.20. The first-order valence-electron chi connectivity index (χ1n) is 7.20. The molecule has 4 heteroatoms. The molecule has 0 aliphatic heterocycles. The summed E-state index contributed by atoms with van der Waals surface area (Å²) in [4.78, 5) is 14.1. The van der Waals surface area contributed by atoms with Gasteiger partial charge in [0.2, 0.25) is 5.91 Å². The standard InChI is InChI=1S/C16H23N3O/c1-4-18(5-2)16(20)12-19-10-9-14-13(11-17-3)7-6-8-15(14)19/h6-10,17H,4-5,11-12H2,1-3H3. The minimum Gasteiger partial charge on any atom is -0.342 e. The molecule has 0 saturated carbocycles. The number of carbonyl (C=O) groups is 1. The van der Waals surface area contributed by atoms with Crippen LogP contribution in [0.3, 0.4) is 0 Å². The number of rotatable bonds is 6. The van der Waals surface area contributed by atoms with Crippen molar-refractivity contribution in [2.45, 2.75) is 26.9 Å². The Bertz CT molecular complexity index is 584. The van der Waals surface area contributed by atoms with Crippen molar-refractivity contribution in [3.63, 3.8) is 0 Å². The third-order valence-corrected chi connectivity index (χ3v) is 3.69. The number of nitrogens with zero attached hydrogens (tertiary/aromatic N) is 2. The normalized spacial score (nSPS) is 10.9. The third-order valence-electron chi connectivity index (χ3n) is 3.69. The Morgan fingerprint density at radius 3 is 2.65 bits per heavy atom. The lowest BCUT2D eigenvalue weighted by molar-refractivity contribution is -0.131. The van der Waals surface area contributed by atoms with Crippen LogP contribution < -0.4 is 5.32 Å². The largest absolute Gasteiger partial charge is 0.342 e. The molecule has 1 amide bonds. The van der Waals surface area contributed by atoms with Gasteiger partial charge in [-0.1, -0.05) is 12.1 Å². The highest BCUT2D eigenvalue weighted by molar-refractivity contribution is 5.85. The van der Waals surface area contributed by atoms with E-state index in [1.165, 1.54) is 10.9 Å². The highest BCUT2D eigenvalue weighted by atomic mass is 16.2. The van der Waals surface area contributed by atoms with Gasteiger partial charge in [-0.3, -0.25) is 4.79 Å². The van der Waals surface area contributed by atoms with Gasteiger partial charge in [-0.05, 0) is 38.6 Å². The molecule has 2 rings (SSSR count). The Kier molecular flexibility index (Phi) is 4.79. The van der Waals surface area contributed by atoms with Gasteiger partial charge >= 0.3 is 0 Å². The van der Waals surface area contributed by atoms with Crippen LogP contribution in [0.1, 0.15) is 19.4 Å². The predicted octanol–water partition coefficient (Wildman–Crippen LogP) is 2.23. The zero-order chi connectivity index (χ0) is 14.5. The van der Waals surface area contributed by atoms with Gasteiger partial charge in [0.15, 0.2) is 0 Å². The molecule has 0 unspecified atom stereocenters. The Hall–Kier alpha value is -1.81. The first kappa shape index (κ1) is 14.6. The average Bonchev–Trinajstić information content (AvgIpc) is 2.85. The third kappa shape index (κ3) is 2.85. The number of fused-ring (bicyclic) bond motifs is 1. The maximum Gasteiger partial charge on any atom is 0.242 e. The number of amides is 1. The van der Waals surface area contributed by atoms with Crippen molar-refractivity contribution in [2.75, 3.05) is 20.1 Å². The van der Waals surface area contributed by atoms with Crippen LogP contribution in [-0.4, -0.2) is 35.5 Å². The summed E-state index contributed by atoms with van der Waals surface area (Å²) in [6, 6.07) is 8.34. The topological polar surface area (TPSA) is 37.3 Å². The van der Waals surface area contributed by atoms with Crippen LogP contribution in [0, 0.1) is 0 Å². The molecular weight excluding hydrogens is 250 g/mol. The fraction of sp³-hybridized carbons (Fsp3) is 0.438. The Balaban J connectivity index is 2.28. The van der Waals surface area contributed by atoms with Gasteiger partial charge in [-0.25, -0.2) is 0 Å². The zero-order valence-electron chi connectivity index (χ0n) is 12.5. The average molecular weight is 273 g/mol. The molecule has 108 valence electrons. The number of nitrogens with one attached hydrogen (secondary N) is 1. The Morgan fingerprint density at radius 1 is 1.25 bits per heavy atom. The summed E-state index contributed by atoms with van der Waals surface area (Å²) >= 11 is 0. The van der Waals surface area contributed by atoms with Gasteiger partial charge in [0.1, 0.15) is 6.54 Å². The van der Waals surface area contributed by atoms with Crippen molar-refractivity contribution in [2.24, 2.45) is 0 Å². The second kappa shape index (κ2) is 6.57. The quantitative estimate of drug-likeness (QED) is 0.876. The van der Waals surface area contributed by atoms with E-state index in [2.05, 4.69) is 23.5 Å². The highest BCUT2D eigenvalue weighted by Gasteiger charge is 2.12. The molecule has 1 aromatic heterocycles. The summed E-state index contributed by atoms with van der Waals surface area (Å²) in [6.07, 6.45) is 2.01. The molecule has 0 aliphatic rings. The Labute approximate surface area is 120 Å². The van der Waals surface area contributed by atoms with Gasteiger partial charge in [0.25, 0.3) is 0 Å². The molecule has 0 aliphatic carbocycles. The van der Waals surface area contributed by atoms with Crippen LogP contribution in [0.15, 0.2) is 30.5 Å². The van der Waals surface area contributed by atoms with E-state index in [9.17, 15) is 4.79 Å². The van der Waals surface area contributed by atoms with E-state index in [4.69, 9.17) is 0 Å². The van der Waals surface area contributed by atoms with Crippen LogP contribution in [0.2, 0.25) is 0 Å². The van der Waals surface area contributed by atoms with Gasteiger partial charge in [0, 0.05) is 36.7 Å². The summed E-state index contributed by atoms with van der Waals surface area (Å²) in [5.74, 6) is 0.173. The van der Waals surface area contributed by atoms with Crippen LogP contribution in [0.5, 0.6) is 0 Å². The maximum absolute atomic E-state index is 12.2. The molecule has 0 bridgehead atoms. The summed E-state index contributed by atoms with van der Waals surface area (Å²) in [5.41, 5.74) is 2.39. The lowest BCUT2D eigenvalue weighted by Crippen LogP contribution is -2.33. The molecule has 2 aromatic rings. The van der Waals surface area contributed by atoms with Crippen molar-refractivity contribution in [3.05, 3.63) is 36.0 Å². The lowest BCUT2D eigenvalue weighted by Gasteiger charge is -2.19. The molecule has 20 heavy (non-hydrogen) atoms. The molecule has 1 aromatic carbocycles. The molecule has 1 heterocycles. The summed E-state index contributed by atoms with van der Waals surface area (Å²) in [7, 11) is 1.94. The molecule has 1 N–H and O–H groups in total. The summed E-state index contributed by atoms with van der Waals surface area (Å²) in [5, 5.41) is 4.40. The monoisotopic (exact) mass is 273 g/mol. The highest BCUT2D eigenvalue weighted by Crippen LogP contribution is 2.20. The summed E-state index contributed by atoms with van der Waals surface area (Å²) < 4.78 is 2.04. The summed E-state index contributed by atoms with van der Waals surface area (Å²) in [6.45, 7) is 6.80. The van der Waals surface area contributed by atoms with Gasteiger partial charge in [-0.15, -0.1) is 0 Å². The number of carbonyl (C=O) groups excluding carboxylic acids is 1. The van der Waals surface area contributed by atoms with Gasteiger partial charge < -0.3 is 14.8 Å². The SMILES string of the molecule is CCN(CC)C(=O)Cn1ccc2c(CNC)cccc21. The smallest absolute Gasteiger partial charge is 0.242 e. The Morgan fingerprint density at radius 2 is 2.00 bits per heavy atom. The number of aromatic nitrogens is 1. The van der Waals surface area contributed by atoms with Crippen LogP contribution >= 0.6 is 0 Å². The fourth-order valence-corrected chi connectivity index (χ4v) is 2.59. The first-order chi connectivity index (χ1) is 9.71. The number of hydrogen-bond donors (Lipinski definition) is 1. The zero-order valence-corrected chi connectivity index (χ0v) is 12.5. The number of hydrogen-bond acceptors (Lipinski definition) is 2. The van der Waals surface area contributed by atoms with E-state index < -0.39 is 0 Å². The minimum absolute atomic E-state index is 0.173. The molecule has 0 radical (unpaired) electrons. The van der Waals surface area contributed by atoms with Crippen molar-refractivity contribution in [3.8, 4) is 0 Å². The van der Waals surface area contributed by atoms with Crippen molar-refractivity contribution in [1.29, 1.82) is 0 Å². The molecular formula is C16H23N3O. The minimum atomic E-state index is 0.173. The fourth-order valence-electron chi connectivity index (χ4n) is 2.59. The number of likely N-dealkylation sites (N-methyl/N-ethyl adjacent to an activating group) is 1. The predicted molar refractivity (Wildman–Crippen MR) is 82.6 cm³/mol. The van der Waals surface area contributed by atoms with Crippen LogP contribution in [-0.2, 0) is 17.9 Å². The van der Waals surface area contributed by atoms with Crippen LogP contribution in [0.4, 0.5) is 0 Å². The van der Waals surface area contributed by atoms with E-state index in [0.717, 1.165) is 25.2 Å². The molecule has 0 atom stereocenters. The van der Waals surface area contributed by atoms with E-state index in [1.807, 2.05) is 42.6 Å². The maximum atomic E-state index is 12.2. The van der Waals surface area contributed by atoms with Crippen molar-refractivity contribution >= 4 is 16.8 Å². The second-order valence-corrected chi connectivity index (χ2v) is 4.89. The van der Waals surface area contributed by atoms with Crippen molar-refractivity contribution < 1.29 is 4.79 Å². The van der Waals surface area contributed by atoms with E-state index in [0.29, 0.717) is 6.54 Å².